The molecule has 6 heteroatoms. The van der Waals surface area contributed by atoms with Crippen molar-refractivity contribution in [3.8, 4) is 11.3 Å². The van der Waals surface area contributed by atoms with Crippen molar-refractivity contribution in [2.24, 2.45) is 0 Å². The van der Waals surface area contributed by atoms with Crippen molar-refractivity contribution < 1.29 is 13.2 Å². The Hall–Kier alpha value is -2.86. The van der Waals surface area contributed by atoms with E-state index in [1.807, 2.05) is 12.3 Å². The highest BCUT2D eigenvalue weighted by atomic mass is 19.4. The maximum Gasteiger partial charge on any atom is 0.416 e. The number of hydrogen-bond donors (Lipinski definition) is 1. The van der Waals surface area contributed by atoms with E-state index < -0.39 is 11.7 Å². The van der Waals surface area contributed by atoms with E-state index >= 15 is 0 Å². The highest BCUT2D eigenvalue weighted by Gasteiger charge is 2.30. The fourth-order valence-electron chi connectivity index (χ4n) is 4.50. The van der Waals surface area contributed by atoms with Gasteiger partial charge in [-0.2, -0.15) is 13.2 Å². The first-order chi connectivity index (χ1) is 15.7. The van der Waals surface area contributed by atoms with Crippen LogP contribution in [0, 0.1) is 20.8 Å². The molecule has 0 saturated carbocycles. The summed E-state index contributed by atoms with van der Waals surface area (Å²) in [5.41, 5.74) is 7.04. The number of benzene rings is 2. The van der Waals surface area contributed by atoms with Gasteiger partial charge in [0.15, 0.2) is 0 Å². The average Bonchev–Trinajstić information content (AvgIpc) is 2.81. The molecule has 0 spiro atoms. The Morgan fingerprint density at radius 2 is 1.58 bits per heavy atom. The van der Waals surface area contributed by atoms with E-state index in [1.165, 1.54) is 28.8 Å². The lowest BCUT2D eigenvalue weighted by molar-refractivity contribution is -0.137. The Bertz CT molecular complexity index is 1080. The molecule has 0 aliphatic carbocycles. The summed E-state index contributed by atoms with van der Waals surface area (Å²) in [5, 5.41) is 3.37. The third-order valence-corrected chi connectivity index (χ3v) is 6.68. The van der Waals surface area contributed by atoms with Crippen LogP contribution in [0.15, 0.2) is 54.7 Å². The molecule has 2 heterocycles. The minimum absolute atomic E-state index is 0.267. The van der Waals surface area contributed by atoms with E-state index in [0.717, 1.165) is 48.4 Å². The lowest BCUT2D eigenvalue weighted by Gasteiger charge is -2.36. The Morgan fingerprint density at radius 1 is 0.939 bits per heavy atom. The molecule has 0 atom stereocenters. The number of piperidine rings is 1. The summed E-state index contributed by atoms with van der Waals surface area (Å²) in [6.07, 6.45) is -0.602. The molecule has 174 valence electrons. The lowest BCUT2D eigenvalue weighted by Crippen LogP contribution is -2.43. The number of aromatic nitrogens is 1. The molecule has 1 aliphatic heterocycles. The van der Waals surface area contributed by atoms with Crippen molar-refractivity contribution in [1.29, 1.82) is 0 Å². The fourth-order valence-corrected chi connectivity index (χ4v) is 4.50. The Labute approximate surface area is 193 Å². The van der Waals surface area contributed by atoms with Crippen LogP contribution in [-0.4, -0.2) is 24.1 Å². The molecule has 0 unspecified atom stereocenters. The van der Waals surface area contributed by atoms with Crippen LogP contribution in [0.25, 0.3) is 11.3 Å². The zero-order chi connectivity index (χ0) is 23.6. The van der Waals surface area contributed by atoms with Crippen LogP contribution < -0.4 is 10.2 Å². The summed E-state index contributed by atoms with van der Waals surface area (Å²) in [6, 6.07) is 14.2. The molecule has 0 bridgehead atoms. The van der Waals surface area contributed by atoms with Gasteiger partial charge in [-0.1, -0.05) is 0 Å². The molecular formula is C27H30F3N3. The van der Waals surface area contributed by atoms with Gasteiger partial charge in [-0.25, -0.2) is 0 Å². The molecule has 1 saturated heterocycles. The largest absolute Gasteiger partial charge is 0.416 e. The molecule has 0 amide bonds. The predicted molar refractivity (Wildman–Crippen MR) is 127 cm³/mol. The summed E-state index contributed by atoms with van der Waals surface area (Å²) in [5.74, 6) is 0. The van der Waals surface area contributed by atoms with Crippen LogP contribution in [0.1, 0.15) is 40.7 Å². The number of aryl methyl sites for hydroxylation is 2. The normalized spacial score (nSPS) is 15.0. The first kappa shape index (κ1) is 23.3. The highest BCUT2D eigenvalue weighted by Crippen LogP contribution is 2.32. The number of rotatable bonds is 5. The van der Waals surface area contributed by atoms with Crippen molar-refractivity contribution in [1.82, 2.24) is 10.3 Å². The minimum atomic E-state index is -4.33. The molecule has 1 fully saturated rings. The van der Waals surface area contributed by atoms with Crippen LogP contribution in [0.4, 0.5) is 18.9 Å². The van der Waals surface area contributed by atoms with Gasteiger partial charge in [0.2, 0.25) is 0 Å². The summed E-state index contributed by atoms with van der Waals surface area (Å²) < 4.78 is 39.2. The van der Waals surface area contributed by atoms with Crippen LogP contribution >= 0.6 is 0 Å². The van der Waals surface area contributed by atoms with Crippen molar-refractivity contribution in [2.75, 3.05) is 18.0 Å². The van der Waals surface area contributed by atoms with Gasteiger partial charge >= 0.3 is 6.18 Å². The van der Waals surface area contributed by atoms with Crippen LogP contribution in [0.5, 0.6) is 0 Å². The second kappa shape index (κ2) is 9.56. The molecule has 3 aromatic rings. The number of alkyl halides is 3. The van der Waals surface area contributed by atoms with Crippen molar-refractivity contribution in [2.45, 2.75) is 52.4 Å². The van der Waals surface area contributed by atoms with Crippen LogP contribution in [0.2, 0.25) is 0 Å². The first-order valence-electron chi connectivity index (χ1n) is 11.4. The summed E-state index contributed by atoms with van der Waals surface area (Å²) in [6.45, 7) is 8.78. The summed E-state index contributed by atoms with van der Waals surface area (Å²) in [4.78, 5) is 6.84. The number of nitrogens with one attached hydrogen (secondary N) is 1. The van der Waals surface area contributed by atoms with Crippen molar-refractivity contribution in [3.63, 3.8) is 0 Å². The van der Waals surface area contributed by atoms with Crippen LogP contribution in [-0.2, 0) is 12.7 Å². The SMILES string of the molecule is Cc1cc(-c2cc(CN(c3ccc(C(F)(F)F)cc3)C3CCNCC3)ccn2)cc(C)c1C. The topological polar surface area (TPSA) is 28.2 Å². The predicted octanol–water partition coefficient (Wildman–Crippen LogP) is 6.45. The third kappa shape index (κ3) is 5.38. The summed E-state index contributed by atoms with van der Waals surface area (Å²) in [7, 11) is 0. The smallest absolute Gasteiger partial charge is 0.364 e. The highest BCUT2D eigenvalue weighted by molar-refractivity contribution is 5.63. The van der Waals surface area contributed by atoms with E-state index in [0.29, 0.717) is 6.54 Å². The van der Waals surface area contributed by atoms with E-state index in [4.69, 9.17) is 0 Å². The first-order valence-corrected chi connectivity index (χ1v) is 11.4. The van der Waals surface area contributed by atoms with Crippen molar-refractivity contribution in [3.05, 3.63) is 82.5 Å². The lowest BCUT2D eigenvalue weighted by atomic mass is 9.98. The third-order valence-electron chi connectivity index (χ3n) is 6.68. The fraction of sp³-hybridized carbons (Fsp3) is 0.370. The van der Waals surface area contributed by atoms with E-state index in [-0.39, 0.29) is 6.04 Å². The van der Waals surface area contributed by atoms with Gasteiger partial charge in [-0.3, -0.25) is 4.98 Å². The van der Waals surface area contributed by atoms with E-state index in [9.17, 15) is 13.2 Å². The maximum atomic E-state index is 13.1. The standard InChI is InChI=1S/C27H30F3N3/c1-18-14-22(15-19(2)20(18)3)26-16-21(8-13-32-26)17-33(25-9-11-31-12-10-25)24-6-4-23(5-7-24)27(28,29)30/h4-8,13-16,25,31H,9-12,17H2,1-3H3. The zero-order valence-electron chi connectivity index (χ0n) is 19.3. The van der Waals surface area contributed by atoms with Gasteiger partial charge < -0.3 is 10.2 Å². The van der Waals surface area contributed by atoms with Gasteiger partial charge in [0.05, 0.1) is 11.3 Å². The monoisotopic (exact) mass is 453 g/mol. The molecule has 33 heavy (non-hydrogen) atoms. The molecule has 1 aliphatic rings. The Morgan fingerprint density at radius 3 is 2.18 bits per heavy atom. The molecule has 2 aromatic carbocycles. The molecule has 4 rings (SSSR count). The van der Waals surface area contributed by atoms with Gasteiger partial charge in [-0.05, 0) is 117 Å². The number of nitrogens with zero attached hydrogens (tertiary/aromatic N) is 2. The second-order valence-electron chi connectivity index (χ2n) is 8.94. The zero-order valence-corrected chi connectivity index (χ0v) is 19.3. The van der Waals surface area contributed by atoms with Crippen LogP contribution in [0.3, 0.4) is 0 Å². The van der Waals surface area contributed by atoms with Gasteiger partial charge in [-0.15, -0.1) is 0 Å². The molecule has 3 nitrogen and oxygen atoms in total. The minimum Gasteiger partial charge on any atom is -0.364 e. The van der Waals surface area contributed by atoms with Gasteiger partial charge in [0.1, 0.15) is 0 Å². The number of anilines is 1. The Kier molecular flexibility index (Phi) is 6.75. The summed E-state index contributed by atoms with van der Waals surface area (Å²) >= 11 is 0. The van der Waals surface area contributed by atoms with Crippen molar-refractivity contribution >= 4 is 5.69 Å². The number of halogens is 3. The maximum absolute atomic E-state index is 13.1. The molecule has 1 N–H and O–H groups in total. The molecular weight excluding hydrogens is 423 g/mol. The molecule has 1 aromatic heterocycles. The quantitative estimate of drug-likeness (QED) is 0.481. The average molecular weight is 454 g/mol. The number of hydrogen-bond acceptors (Lipinski definition) is 3. The van der Waals surface area contributed by atoms with Gasteiger partial charge in [0, 0.05) is 30.0 Å². The van der Waals surface area contributed by atoms with E-state index in [2.05, 4.69) is 54.2 Å². The van der Waals surface area contributed by atoms with E-state index in [1.54, 1.807) is 12.1 Å². The van der Waals surface area contributed by atoms with Gasteiger partial charge in [0.25, 0.3) is 0 Å². The molecule has 0 radical (unpaired) electrons. The second-order valence-corrected chi connectivity index (χ2v) is 8.94. The Balaban J connectivity index is 1.65. The number of pyridine rings is 1.